The fourth-order valence-corrected chi connectivity index (χ4v) is 3.91. The van der Waals surface area contributed by atoms with Crippen LogP contribution in [-0.4, -0.2) is 57.7 Å². The van der Waals surface area contributed by atoms with E-state index >= 15 is 0 Å². The van der Waals surface area contributed by atoms with E-state index in [1.165, 1.54) is 24.2 Å². The lowest BCUT2D eigenvalue weighted by atomic mass is 10.2. The third-order valence-electron chi connectivity index (χ3n) is 5.59. The summed E-state index contributed by atoms with van der Waals surface area (Å²) in [6, 6.07) is 7.03. The largest absolute Gasteiger partial charge is 0.480 e. The first-order chi connectivity index (χ1) is 13.3. The van der Waals surface area contributed by atoms with Crippen LogP contribution < -0.4 is 9.64 Å². The number of rotatable bonds is 5. The molecule has 1 saturated carbocycles. The topological polar surface area (TPSA) is 59.3 Å². The first-order valence-corrected chi connectivity index (χ1v) is 9.58. The number of anilines is 1. The fraction of sp³-hybridized carbons (Fsp3) is 0.450. The van der Waals surface area contributed by atoms with Gasteiger partial charge in [-0.25, -0.2) is 15.0 Å². The quantitative estimate of drug-likeness (QED) is 0.693. The van der Waals surface area contributed by atoms with Crippen LogP contribution in [-0.2, 0) is 6.54 Å². The van der Waals surface area contributed by atoms with Crippen molar-refractivity contribution in [2.75, 3.05) is 38.2 Å². The molecular formula is C20H24N6O. The summed E-state index contributed by atoms with van der Waals surface area (Å²) in [4.78, 5) is 17.9. The summed E-state index contributed by atoms with van der Waals surface area (Å²) < 4.78 is 7.76. The van der Waals surface area contributed by atoms with Crippen molar-refractivity contribution in [2.24, 2.45) is 0 Å². The van der Waals surface area contributed by atoms with Gasteiger partial charge in [-0.15, -0.1) is 0 Å². The van der Waals surface area contributed by atoms with Crippen LogP contribution >= 0.6 is 0 Å². The van der Waals surface area contributed by atoms with Crippen LogP contribution in [0.25, 0.3) is 10.9 Å². The van der Waals surface area contributed by atoms with Crippen LogP contribution in [0.2, 0.25) is 0 Å². The molecule has 0 radical (unpaired) electrons. The molecular weight excluding hydrogens is 340 g/mol. The second-order valence-corrected chi connectivity index (χ2v) is 7.37. The SMILES string of the molecule is COc1ncnc2ccc(N3CCN(Cc4cncn4C4CC4)CC3)cc12. The summed E-state index contributed by atoms with van der Waals surface area (Å²) in [5.74, 6) is 0.633. The monoisotopic (exact) mass is 364 g/mol. The van der Waals surface area contributed by atoms with Gasteiger partial charge in [-0.2, -0.15) is 0 Å². The lowest BCUT2D eigenvalue weighted by Crippen LogP contribution is -2.46. The van der Waals surface area contributed by atoms with Crippen molar-refractivity contribution in [3.8, 4) is 5.88 Å². The molecule has 0 N–H and O–H groups in total. The van der Waals surface area contributed by atoms with E-state index in [4.69, 9.17) is 4.74 Å². The highest BCUT2D eigenvalue weighted by atomic mass is 16.5. The number of nitrogens with zero attached hydrogens (tertiary/aromatic N) is 6. The van der Waals surface area contributed by atoms with Crippen molar-refractivity contribution in [3.05, 3.63) is 42.7 Å². The number of benzene rings is 1. The second-order valence-electron chi connectivity index (χ2n) is 7.37. The number of methoxy groups -OCH3 is 1. The van der Waals surface area contributed by atoms with Gasteiger partial charge < -0.3 is 14.2 Å². The number of ether oxygens (including phenoxy) is 1. The maximum atomic E-state index is 5.40. The number of imidazole rings is 1. The van der Waals surface area contributed by atoms with Gasteiger partial charge in [0.2, 0.25) is 5.88 Å². The fourth-order valence-electron chi connectivity index (χ4n) is 3.91. The molecule has 3 aromatic rings. The zero-order chi connectivity index (χ0) is 18.2. The third kappa shape index (κ3) is 3.23. The van der Waals surface area contributed by atoms with Crippen LogP contribution in [0.3, 0.4) is 0 Å². The Morgan fingerprint density at radius 2 is 1.96 bits per heavy atom. The van der Waals surface area contributed by atoms with Crippen molar-refractivity contribution >= 4 is 16.6 Å². The smallest absolute Gasteiger partial charge is 0.224 e. The lowest BCUT2D eigenvalue weighted by Gasteiger charge is -2.36. The Kier molecular flexibility index (Phi) is 4.16. The molecule has 1 saturated heterocycles. The molecule has 2 aromatic heterocycles. The van der Waals surface area contributed by atoms with Crippen molar-refractivity contribution in [1.29, 1.82) is 0 Å². The van der Waals surface area contributed by atoms with E-state index in [1.807, 2.05) is 12.5 Å². The maximum Gasteiger partial charge on any atom is 0.224 e. The molecule has 7 heteroatoms. The average Bonchev–Trinajstić information content (AvgIpc) is 3.46. The minimum Gasteiger partial charge on any atom is -0.480 e. The maximum absolute atomic E-state index is 5.40. The first kappa shape index (κ1) is 16.5. The normalized spacial score (nSPS) is 18.2. The molecule has 140 valence electrons. The van der Waals surface area contributed by atoms with Gasteiger partial charge in [0, 0.05) is 50.6 Å². The molecule has 3 heterocycles. The molecule has 27 heavy (non-hydrogen) atoms. The van der Waals surface area contributed by atoms with Gasteiger partial charge in [0.15, 0.2) is 0 Å². The molecule has 1 aliphatic carbocycles. The van der Waals surface area contributed by atoms with Gasteiger partial charge in [-0.05, 0) is 31.0 Å². The zero-order valence-electron chi connectivity index (χ0n) is 15.6. The number of hydrogen-bond acceptors (Lipinski definition) is 6. The predicted molar refractivity (Wildman–Crippen MR) is 104 cm³/mol. The van der Waals surface area contributed by atoms with E-state index in [-0.39, 0.29) is 0 Å². The molecule has 0 amide bonds. The molecule has 0 unspecified atom stereocenters. The van der Waals surface area contributed by atoms with Crippen LogP contribution in [0, 0.1) is 0 Å². The molecule has 0 bridgehead atoms. The number of fused-ring (bicyclic) bond motifs is 1. The van der Waals surface area contributed by atoms with Gasteiger partial charge in [0.1, 0.15) is 6.33 Å². The van der Waals surface area contributed by atoms with Crippen molar-refractivity contribution < 1.29 is 4.74 Å². The Bertz CT molecular complexity index is 943. The predicted octanol–water partition coefficient (Wildman–Crippen LogP) is 2.49. The van der Waals surface area contributed by atoms with Crippen LogP contribution in [0.5, 0.6) is 5.88 Å². The molecule has 0 spiro atoms. The molecule has 2 fully saturated rings. The number of hydrogen-bond donors (Lipinski definition) is 0. The van der Waals surface area contributed by atoms with Crippen molar-refractivity contribution in [1.82, 2.24) is 24.4 Å². The van der Waals surface area contributed by atoms with Gasteiger partial charge in [0.25, 0.3) is 0 Å². The highest BCUT2D eigenvalue weighted by molar-refractivity contribution is 5.86. The summed E-state index contributed by atoms with van der Waals surface area (Å²) in [5, 5.41) is 0.966. The highest BCUT2D eigenvalue weighted by Gasteiger charge is 2.26. The standard InChI is InChI=1S/C20H24N6O/c1-27-20-18-10-16(4-5-19(18)22-13-23-20)25-8-6-24(7-9-25)12-17-11-21-14-26(17)15-2-3-15/h4-5,10-11,13-15H,2-3,6-9,12H2,1H3. The Hall–Kier alpha value is -2.67. The first-order valence-electron chi connectivity index (χ1n) is 9.58. The summed E-state index contributed by atoms with van der Waals surface area (Å²) in [6.07, 6.45) is 8.17. The van der Waals surface area contributed by atoms with E-state index in [0.29, 0.717) is 11.9 Å². The van der Waals surface area contributed by atoms with E-state index in [0.717, 1.165) is 43.6 Å². The molecule has 0 atom stereocenters. The van der Waals surface area contributed by atoms with E-state index < -0.39 is 0 Å². The van der Waals surface area contributed by atoms with E-state index in [2.05, 4.69) is 47.5 Å². The van der Waals surface area contributed by atoms with Crippen molar-refractivity contribution in [3.63, 3.8) is 0 Å². The van der Waals surface area contributed by atoms with Crippen LogP contribution in [0.15, 0.2) is 37.1 Å². The molecule has 5 rings (SSSR count). The minimum absolute atomic E-state index is 0.633. The lowest BCUT2D eigenvalue weighted by molar-refractivity contribution is 0.244. The average molecular weight is 364 g/mol. The Morgan fingerprint density at radius 1 is 1.11 bits per heavy atom. The van der Waals surface area contributed by atoms with Gasteiger partial charge in [-0.1, -0.05) is 0 Å². The number of piperazine rings is 1. The zero-order valence-corrected chi connectivity index (χ0v) is 15.6. The molecule has 7 nitrogen and oxygen atoms in total. The van der Waals surface area contributed by atoms with Crippen LogP contribution in [0.1, 0.15) is 24.6 Å². The Labute approximate surface area is 158 Å². The summed E-state index contributed by atoms with van der Waals surface area (Å²) in [6.45, 7) is 5.12. The van der Waals surface area contributed by atoms with Crippen LogP contribution in [0.4, 0.5) is 5.69 Å². The summed E-state index contributed by atoms with van der Waals surface area (Å²) in [5.41, 5.74) is 3.47. The summed E-state index contributed by atoms with van der Waals surface area (Å²) >= 11 is 0. The third-order valence-corrected chi connectivity index (χ3v) is 5.59. The highest BCUT2D eigenvalue weighted by Crippen LogP contribution is 2.36. The Balaban J connectivity index is 1.27. The molecule has 1 aromatic carbocycles. The van der Waals surface area contributed by atoms with E-state index in [1.54, 1.807) is 13.4 Å². The second kappa shape index (κ2) is 6.81. The Morgan fingerprint density at radius 3 is 2.74 bits per heavy atom. The number of aromatic nitrogens is 4. The van der Waals surface area contributed by atoms with E-state index in [9.17, 15) is 0 Å². The van der Waals surface area contributed by atoms with Gasteiger partial charge in [-0.3, -0.25) is 4.90 Å². The van der Waals surface area contributed by atoms with Crippen molar-refractivity contribution in [2.45, 2.75) is 25.4 Å². The molecule has 2 aliphatic rings. The van der Waals surface area contributed by atoms with Gasteiger partial charge in [0.05, 0.1) is 30.0 Å². The minimum atomic E-state index is 0.633. The molecule has 1 aliphatic heterocycles. The summed E-state index contributed by atoms with van der Waals surface area (Å²) in [7, 11) is 1.65. The van der Waals surface area contributed by atoms with Gasteiger partial charge >= 0.3 is 0 Å².